The number of hydrogen-bond donors (Lipinski definition) is 0. The van der Waals surface area contributed by atoms with Gasteiger partial charge in [-0.05, 0) is 71.4 Å². The number of ether oxygens (including phenoxy) is 5. The molecule has 0 aromatic heterocycles. The van der Waals surface area contributed by atoms with E-state index < -0.39 is 5.41 Å². The molecule has 0 N–H and O–H groups in total. The summed E-state index contributed by atoms with van der Waals surface area (Å²) in [5.74, 6) is 0.233. The van der Waals surface area contributed by atoms with E-state index in [0.29, 0.717) is 38.6 Å². The number of carbonyl (C=O) groups excluding carboxylic acids is 3. The number of fused-ring (bicyclic) bond motifs is 6. The molecule has 10 nitrogen and oxygen atoms in total. The molecule has 4 heterocycles. The van der Waals surface area contributed by atoms with Gasteiger partial charge in [-0.3, -0.25) is 14.4 Å². The Bertz CT molecular complexity index is 1970. The predicted molar refractivity (Wildman–Crippen MR) is 211 cm³/mol. The van der Waals surface area contributed by atoms with Crippen molar-refractivity contribution in [3.8, 4) is 0 Å². The quantitative estimate of drug-likeness (QED) is 0.117. The van der Waals surface area contributed by atoms with Gasteiger partial charge in [-0.15, -0.1) is 0 Å². The van der Waals surface area contributed by atoms with Gasteiger partial charge in [0, 0.05) is 78.8 Å². The smallest absolute Gasteiger partial charge is 0.307 e. The minimum atomic E-state index is -0.493. The Labute approximate surface area is 325 Å². The third-order valence-electron chi connectivity index (χ3n) is 11.3. The summed E-state index contributed by atoms with van der Waals surface area (Å²) >= 11 is 0. The van der Waals surface area contributed by atoms with Crippen LogP contribution in [0.1, 0.15) is 85.3 Å². The summed E-state index contributed by atoms with van der Waals surface area (Å²) in [6.45, 7) is 17.6. The van der Waals surface area contributed by atoms with Gasteiger partial charge < -0.3 is 28.6 Å². The second-order valence-corrected chi connectivity index (χ2v) is 14.7. The van der Waals surface area contributed by atoms with E-state index in [1.807, 2.05) is 58.0 Å². The molecule has 0 spiro atoms. The van der Waals surface area contributed by atoms with E-state index in [4.69, 9.17) is 23.7 Å². The van der Waals surface area contributed by atoms with Crippen LogP contribution in [0.3, 0.4) is 0 Å². The van der Waals surface area contributed by atoms with Crippen molar-refractivity contribution >= 4 is 34.8 Å². The third kappa shape index (κ3) is 7.85. The summed E-state index contributed by atoms with van der Waals surface area (Å²) in [6, 6.07) is 16.6. The summed E-state index contributed by atoms with van der Waals surface area (Å²) in [4.78, 5) is 38.8. The fraction of sp³-hybridized carbons (Fsp3) is 0.467. The normalized spacial score (nSPS) is 23.1. The highest BCUT2D eigenvalue weighted by Gasteiger charge is 2.50. The van der Waals surface area contributed by atoms with Crippen molar-refractivity contribution in [2.45, 2.75) is 97.4 Å². The monoisotopic (exact) mass is 751 g/mol. The van der Waals surface area contributed by atoms with Gasteiger partial charge in [-0.25, -0.2) is 0 Å². The molecule has 0 saturated carbocycles. The zero-order valence-corrected chi connectivity index (χ0v) is 33.3. The first-order chi connectivity index (χ1) is 26.5. The second-order valence-electron chi connectivity index (χ2n) is 14.7. The Morgan fingerprint density at radius 3 is 2.16 bits per heavy atom. The van der Waals surface area contributed by atoms with Crippen molar-refractivity contribution in [3.63, 3.8) is 0 Å². The molecule has 0 saturated heterocycles. The Hall–Kier alpha value is -4.80. The average Bonchev–Trinajstić information content (AvgIpc) is 3.53. The summed E-state index contributed by atoms with van der Waals surface area (Å²) in [6.07, 6.45) is 8.94. The fourth-order valence-corrected chi connectivity index (χ4v) is 8.68. The van der Waals surface area contributed by atoms with E-state index >= 15 is 0 Å². The Morgan fingerprint density at radius 1 is 0.855 bits per heavy atom. The van der Waals surface area contributed by atoms with Crippen LogP contribution in [0.4, 0.5) is 11.4 Å². The SMILES string of the molecule is CCOC(=O)CC1(C)C(C)=[N+](CCC(OCC)OCC)c2ccccc21.CCOC(=O)CC1(C)C2=C3C=C4C=CC(=O)C=C4OC3CCN2c2ccccc21. The van der Waals surface area contributed by atoms with Crippen LogP contribution < -0.4 is 4.90 Å². The number of nitrogens with zero attached hydrogens (tertiary/aromatic N) is 2. The predicted octanol–water partition coefficient (Wildman–Crippen LogP) is 7.53. The summed E-state index contributed by atoms with van der Waals surface area (Å²) in [7, 11) is 0. The van der Waals surface area contributed by atoms with Crippen molar-refractivity contribution in [2.75, 3.05) is 44.4 Å². The molecular formula is C45H55N2O8+. The fourth-order valence-electron chi connectivity index (χ4n) is 8.68. The number of rotatable bonds is 13. The van der Waals surface area contributed by atoms with Crippen LogP contribution in [-0.2, 0) is 48.9 Å². The molecule has 0 fully saturated rings. The van der Waals surface area contributed by atoms with Crippen molar-refractivity contribution in [1.82, 2.24) is 0 Å². The van der Waals surface area contributed by atoms with Gasteiger partial charge in [0.15, 0.2) is 24.3 Å². The maximum absolute atomic E-state index is 12.5. The zero-order valence-electron chi connectivity index (χ0n) is 33.3. The van der Waals surface area contributed by atoms with E-state index in [-0.39, 0.29) is 42.0 Å². The van der Waals surface area contributed by atoms with E-state index in [2.05, 4.69) is 60.6 Å². The molecule has 1 aliphatic carbocycles. The molecule has 2 aromatic carbocycles. The highest BCUT2D eigenvalue weighted by Crippen LogP contribution is 2.54. The lowest BCUT2D eigenvalue weighted by Crippen LogP contribution is -2.41. The van der Waals surface area contributed by atoms with Crippen LogP contribution in [0.15, 0.2) is 95.4 Å². The maximum Gasteiger partial charge on any atom is 0.307 e. The first-order valence-corrected chi connectivity index (χ1v) is 19.7. The number of allylic oxidation sites excluding steroid dienone is 4. The molecule has 10 heteroatoms. The maximum atomic E-state index is 12.5. The first-order valence-electron chi connectivity index (χ1n) is 19.7. The van der Waals surface area contributed by atoms with Crippen molar-refractivity contribution in [3.05, 3.63) is 107 Å². The lowest BCUT2D eigenvalue weighted by molar-refractivity contribution is -0.444. The topological polar surface area (TPSA) is 104 Å². The summed E-state index contributed by atoms with van der Waals surface area (Å²) in [5.41, 5.74) is 8.05. The number of anilines is 1. The van der Waals surface area contributed by atoms with Crippen LogP contribution >= 0.6 is 0 Å². The minimum Gasteiger partial charge on any atom is -0.485 e. The van der Waals surface area contributed by atoms with Crippen LogP contribution in [0, 0.1) is 0 Å². The molecule has 0 bridgehead atoms. The molecule has 4 aliphatic heterocycles. The number of benzene rings is 2. The van der Waals surface area contributed by atoms with Crippen LogP contribution in [0.2, 0.25) is 0 Å². The Morgan fingerprint density at radius 2 is 1.49 bits per heavy atom. The highest BCUT2D eigenvalue weighted by molar-refractivity contribution is 6.02. The van der Waals surface area contributed by atoms with Gasteiger partial charge in [0.2, 0.25) is 5.69 Å². The molecule has 0 amide bonds. The summed E-state index contributed by atoms with van der Waals surface area (Å²) in [5, 5.41) is 0. The number of carbonyl (C=O) groups is 3. The number of esters is 2. The Kier molecular flexibility index (Phi) is 12.3. The van der Waals surface area contributed by atoms with Gasteiger partial charge in [0.25, 0.3) is 0 Å². The molecule has 2 aromatic rings. The highest BCUT2D eigenvalue weighted by atomic mass is 16.7. The van der Waals surface area contributed by atoms with Gasteiger partial charge >= 0.3 is 11.9 Å². The molecule has 7 rings (SSSR count). The minimum absolute atomic E-state index is 0.0499. The molecule has 292 valence electrons. The molecule has 3 unspecified atom stereocenters. The van der Waals surface area contributed by atoms with E-state index in [0.717, 1.165) is 59.7 Å². The van der Waals surface area contributed by atoms with Gasteiger partial charge in [-0.2, -0.15) is 4.58 Å². The number of para-hydroxylation sites is 2. The lowest BCUT2D eigenvalue weighted by Gasteiger charge is -2.40. The molecule has 55 heavy (non-hydrogen) atoms. The average molecular weight is 752 g/mol. The van der Waals surface area contributed by atoms with Crippen molar-refractivity contribution in [2.24, 2.45) is 0 Å². The molecular weight excluding hydrogens is 697 g/mol. The first kappa shape index (κ1) is 39.9. The number of hydrogen-bond acceptors (Lipinski definition) is 9. The van der Waals surface area contributed by atoms with Gasteiger partial charge in [0.05, 0.1) is 37.9 Å². The van der Waals surface area contributed by atoms with Crippen LogP contribution in [-0.4, -0.2) is 79.9 Å². The van der Waals surface area contributed by atoms with E-state index in [1.54, 1.807) is 12.2 Å². The Balaban J connectivity index is 0.000000189. The number of ketones is 1. The summed E-state index contributed by atoms with van der Waals surface area (Å²) < 4.78 is 30.4. The van der Waals surface area contributed by atoms with Gasteiger partial charge in [0.1, 0.15) is 11.9 Å². The standard InChI is InChI=1S/C24H23NO4.C21H32NO4/c1-3-28-22(27)14-24(2)18-6-4-5-7-19(18)25-11-10-20-17(23(24)25)12-15-8-9-16(26)13-21(15)29-20;1-6-24-19(23)15-21(5)16(4)22(18-12-10-9-11-17(18)21)14-13-20(25-7-2)26-8-3/h4-9,12-13,20H,3,10-11,14H2,1-2H3;9-12,20H,6-8,13-15H2,1-5H3/q;+1. The van der Waals surface area contributed by atoms with Crippen molar-refractivity contribution in [1.29, 1.82) is 0 Å². The largest absolute Gasteiger partial charge is 0.485 e. The van der Waals surface area contributed by atoms with E-state index in [1.165, 1.54) is 11.3 Å². The molecule has 0 radical (unpaired) electrons. The second kappa shape index (κ2) is 16.9. The van der Waals surface area contributed by atoms with Crippen LogP contribution in [0.5, 0.6) is 0 Å². The zero-order chi connectivity index (χ0) is 39.3. The van der Waals surface area contributed by atoms with Crippen LogP contribution in [0.25, 0.3) is 0 Å². The molecule has 3 atom stereocenters. The van der Waals surface area contributed by atoms with Crippen molar-refractivity contribution < 1.29 is 42.6 Å². The van der Waals surface area contributed by atoms with E-state index in [9.17, 15) is 14.4 Å². The molecule has 5 aliphatic rings. The van der Waals surface area contributed by atoms with Gasteiger partial charge in [-0.1, -0.05) is 36.4 Å². The third-order valence-corrected chi connectivity index (χ3v) is 11.3. The lowest BCUT2D eigenvalue weighted by atomic mass is 9.75.